The van der Waals surface area contributed by atoms with Crippen molar-refractivity contribution in [2.75, 3.05) is 7.11 Å². The molecule has 0 aliphatic carbocycles. The van der Waals surface area contributed by atoms with Crippen LogP contribution in [0.25, 0.3) is 0 Å². The smallest absolute Gasteiger partial charge is 0.310 e. The Labute approximate surface area is 140 Å². The fourth-order valence-corrected chi connectivity index (χ4v) is 4.86. The van der Waals surface area contributed by atoms with Crippen LogP contribution in [0.2, 0.25) is 0 Å². The van der Waals surface area contributed by atoms with Crippen molar-refractivity contribution < 1.29 is 9.53 Å². The number of benzene rings is 1. The number of halogens is 1. The van der Waals surface area contributed by atoms with Crippen LogP contribution in [0, 0.1) is 9.49 Å². The van der Waals surface area contributed by atoms with E-state index in [4.69, 9.17) is 4.74 Å². The summed E-state index contributed by atoms with van der Waals surface area (Å²) in [5, 5.41) is 3.59. The highest BCUT2D eigenvalue weighted by molar-refractivity contribution is 14.1. The van der Waals surface area contributed by atoms with Gasteiger partial charge in [-0.3, -0.25) is 4.79 Å². The number of piperidine rings is 1. The molecular weight excluding hydrogens is 377 g/mol. The van der Waals surface area contributed by atoms with E-state index in [1.165, 1.54) is 28.2 Å². The lowest BCUT2D eigenvalue weighted by molar-refractivity contribution is -0.148. The lowest BCUT2D eigenvalue weighted by atomic mass is 9.77. The zero-order valence-electron chi connectivity index (χ0n) is 12.6. The van der Waals surface area contributed by atoms with Gasteiger partial charge < -0.3 is 10.1 Å². The lowest BCUT2D eigenvalue weighted by Crippen LogP contribution is -2.48. The van der Waals surface area contributed by atoms with Crippen LogP contribution in [0.5, 0.6) is 0 Å². The van der Waals surface area contributed by atoms with Crippen molar-refractivity contribution in [1.82, 2.24) is 5.32 Å². The number of hydrogen-bond donors (Lipinski definition) is 1. The van der Waals surface area contributed by atoms with Gasteiger partial charge in [-0.25, -0.2) is 0 Å². The number of rotatable bonds is 3. The van der Waals surface area contributed by atoms with Crippen LogP contribution in [-0.4, -0.2) is 25.2 Å². The standard InChI is InChI=1S/C17H22INO2/c1-3-10-4-5-11(8-14(10)18)13-9-12-6-7-15(19-12)16(13)17(20)21-2/h4-5,8,12-13,15-16,19H,3,6-7,9H2,1-2H3/t12?,13-,15?,16+/m1/s1. The molecule has 2 saturated heterocycles. The first kappa shape index (κ1) is 15.3. The van der Waals surface area contributed by atoms with Gasteiger partial charge in [-0.1, -0.05) is 19.1 Å². The zero-order chi connectivity index (χ0) is 15.0. The summed E-state index contributed by atoms with van der Waals surface area (Å²) >= 11 is 2.41. The molecule has 2 heterocycles. The van der Waals surface area contributed by atoms with Gasteiger partial charge in [0.15, 0.2) is 0 Å². The SMILES string of the molecule is CCc1ccc([C@H]2CC3CCC(N3)[C@H]2C(=O)OC)cc1I. The third-order valence-corrected chi connectivity index (χ3v) is 6.05. The molecule has 3 nitrogen and oxygen atoms in total. The highest BCUT2D eigenvalue weighted by Gasteiger charge is 2.46. The molecule has 0 radical (unpaired) electrons. The minimum absolute atomic E-state index is 0.0444. The molecule has 3 rings (SSSR count). The van der Waals surface area contributed by atoms with E-state index in [1.807, 2.05) is 0 Å². The summed E-state index contributed by atoms with van der Waals surface area (Å²) in [5.74, 6) is 0.181. The molecule has 2 bridgehead atoms. The predicted octanol–water partition coefficient (Wildman–Crippen LogP) is 3.25. The molecule has 4 atom stereocenters. The normalized spacial score (nSPS) is 31.2. The maximum absolute atomic E-state index is 12.3. The molecule has 21 heavy (non-hydrogen) atoms. The quantitative estimate of drug-likeness (QED) is 0.627. The second-order valence-electron chi connectivity index (χ2n) is 6.14. The minimum Gasteiger partial charge on any atom is -0.469 e. The van der Waals surface area contributed by atoms with Crippen LogP contribution < -0.4 is 5.32 Å². The van der Waals surface area contributed by atoms with E-state index >= 15 is 0 Å². The molecular formula is C17H22INO2. The predicted molar refractivity (Wildman–Crippen MR) is 91.3 cm³/mol. The van der Waals surface area contributed by atoms with Crippen molar-refractivity contribution in [2.45, 2.75) is 50.6 Å². The number of hydrogen-bond acceptors (Lipinski definition) is 3. The van der Waals surface area contributed by atoms with Gasteiger partial charge in [-0.15, -0.1) is 0 Å². The van der Waals surface area contributed by atoms with E-state index in [0.717, 1.165) is 19.3 Å². The van der Waals surface area contributed by atoms with E-state index in [1.54, 1.807) is 0 Å². The summed E-state index contributed by atoms with van der Waals surface area (Å²) in [4.78, 5) is 12.3. The molecule has 0 spiro atoms. The number of aryl methyl sites for hydroxylation is 1. The summed E-state index contributed by atoms with van der Waals surface area (Å²) in [5.41, 5.74) is 2.68. The average molecular weight is 399 g/mol. The Morgan fingerprint density at radius 2 is 2.24 bits per heavy atom. The molecule has 1 aromatic rings. The van der Waals surface area contributed by atoms with Crippen LogP contribution in [0.4, 0.5) is 0 Å². The second-order valence-corrected chi connectivity index (χ2v) is 7.31. The third-order valence-electron chi connectivity index (χ3n) is 5.04. The van der Waals surface area contributed by atoms with Crippen LogP contribution in [0.3, 0.4) is 0 Å². The average Bonchev–Trinajstić information content (AvgIpc) is 2.87. The number of carbonyl (C=O) groups excluding carboxylic acids is 1. The first-order valence-corrected chi connectivity index (χ1v) is 8.84. The number of fused-ring (bicyclic) bond motifs is 2. The van der Waals surface area contributed by atoms with E-state index in [9.17, 15) is 4.79 Å². The van der Waals surface area contributed by atoms with Gasteiger partial charge in [-0.2, -0.15) is 0 Å². The Morgan fingerprint density at radius 3 is 2.90 bits per heavy atom. The molecule has 1 aromatic carbocycles. The van der Waals surface area contributed by atoms with Gasteiger partial charge in [0, 0.05) is 21.6 Å². The molecule has 4 heteroatoms. The minimum atomic E-state index is -0.0626. The van der Waals surface area contributed by atoms with Crippen molar-refractivity contribution >= 4 is 28.6 Å². The monoisotopic (exact) mass is 399 g/mol. The van der Waals surface area contributed by atoms with Crippen LogP contribution >= 0.6 is 22.6 Å². The summed E-state index contributed by atoms with van der Waals surface area (Å²) in [6.07, 6.45) is 4.36. The van der Waals surface area contributed by atoms with Crippen LogP contribution in [0.1, 0.15) is 43.2 Å². The number of ether oxygens (including phenoxy) is 1. The van der Waals surface area contributed by atoms with Crippen molar-refractivity contribution in [2.24, 2.45) is 5.92 Å². The van der Waals surface area contributed by atoms with E-state index in [0.29, 0.717) is 6.04 Å². The third kappa shape index (κ3) is 2.84. The molecule has 2 aliphatic heterocycles. The molecule has 2 unspecified atom stereocenters. The van der Waals surface area contributed by atoms with Gasteiger partial charge in [-0.05, 0) is 65.5 Å². The van der Waals surface area contributed by atoms with Crippen molar-refractivity contribution in [3.8, 4) is 0 Å². The van der Waals surface area contributed by atoms with Gasteiger partial charge in [0.05, 0.1) is 13.0 Å². The number of nitrogens with one attached hydrogen (secondary N) is 1. The molecule has 0 saturated carbocycles. The van der Waals surface area contributed by atoms with E-state index in [-0.39, 0.29) is 23.8 Å². The first-order chi connectivity index (χ1) is 10.1. The number of esters is 1. The first-order valence-electron chi connectivity index (χ1n) is 7.76. The van der Waals surface area contributed by atoms with Gasteiger partial charge in [0.2, 0.25) is 0 Å². The fourth-order valence-electron chi connectivity index (χ4n) is 3.94. The van der Waals surface area contributed by atoms with Gasteiger partial charge in [0.1, 0.15) is 0 Å². The molecule has 0 amide bonds. The molecule has 2 aliphatic rings. The fraction of sp³-hybridized carbons (Fsp3) is 0.588. The number of methoxy groups -OCH3 is 1. The Kier molecular flexibility index (Phi) is 4.54. The molecule has 0 aromatic heterocycles. The maximum Gasteiger partial charge on any atom is 0.310 e. The summed E-state index contributed by atoms with van der Waals surface area (Å²) in [7, 11) is 1.50. The molecule has 114 valence electrons. The van der Waals surface area contributed by atoms with Crippen molar-refractivity contribution in [1.29, 1.82) is 0 Å². The Hall–Kier alpha value is -0.620. The largest absolute Gasteiger partial charge is 0.469 e. The van der Waals surface area contributed by atoms with Gasteiger partial charge >= 0.3 is 5.97 Å². The summed E-state index contributed by atoms with van der Waals surface area (Å²) in [6.45, 7) is 2.18. The van der Waals surface area contributed by atoms with Gasteiger partial charge in [0.25, 0.3) is 0 Å². The van der Waals surface area contributed by atoms with E-state index < -0.39 is 0 Å². The second kappa shape index (κ2) is 6.24. The molecule has 2 fully saturated rings. The van der Waals surface area contributed by atoms with E-state index in [2.05, 4.69) is 53.0 Å². The Morgan fingerprint density at radius 1 is 1.43 bits per heavy atom. The summed E-state index contributed by atoms with van der Waals surface area (Å²) in [6, 6.07) is 7.54. The topological polar surface area (TPSA) is 38.3 Å². The lowest BCUT2D eigenvalue weighted by Gasteiger charge is -2.36. The van der Waals surface area contributed by atoms with Crippen molar-refractivity contribution in [3.05, 3.63) is 32.9 Å². The Balaban J connectivity index is 1.94. The maximum atomic E-state index is 12.3. The molecule has 1 N–H and O–H groups in total. The van der Waals surface area contributed by atoms with Crippen LogP contribution in [0.15, 0.2) is 18.2 Å². The summed E-state index contributed by atoms with van der Waals surface area (Å²) < 4.78 is 6.39. The highest BCUT2D eigenvalue weighted by atomic mass is 127. The highest BCUT2D eigenvalue weighted by Crippen LogP contribution is 2.42. The Bertz CT molecular complexity index is 546. The van der Waals surface area contributed by atoms with Crippen LogP contribution in [-0.2, 0) is 16.0 Å². The van der Waals surface area contributed by atoms with Crippen molar-refractivity contribution in [3.63, 3.8) is 0 Å². The zero-order valence-corrected chi connectivity index (χ0v) is 14.7. The number of carbonyl (C=O) groups is 1.